The van der Waals surface area contributed by atoms with E-state index in [0.717, 1.165) is 21.1 Å². The van der Waals surface area contributed by atoms with E-state index < -0.39 is 0 Å². The molecule has 0 spiro atoms. The highest BCUT2D eigenvalue weighted by Gasteiger charge is 2.15. The number of primary amides is 1. The van der Waals surface area contributed by atoms with E-state index in [-0.39, 0.29) is 18.5 Å². The van der Waals surface area contributed by atoms with Gasteiger partial charge in [0.25, 0.3) is 0 Å². The number of aromatic nitrogens is 1. The summed E-state index contributed by atoms with van der Waals surface area (Å²) in [6, 6.07) is 7.60. The minimum absolute atomic E-state index is 0.00718. The maximum atomic E-state index is 10.8. The van der Waals surface area contributed by atoms with Crippen molar-refractivity contribution in [2.24, 2.45) is 5.73 Å². The second kappa shape index (κ2) is 6.35. The van der Waals surface area contributed by atoms with E-state index in [0.29, 0.717) is 5.02 Å². The average molecular weight is 310 g/mol. The van der Waals surface area contributed by atoms with Crippen molar-refractivity contribution in [3.63, 3.8) is 0 Å². The van der Waals surface area contributed by atoms with Crippen molar-refractivity contribution in [3.05, 3.63) is 39.2 Å². The standard InChI is InChI=1S/C14H16ClN3OS/c1-8(17-7-12(16)19)14-18-13(9(2)20-14)10-3-5-11(15)6-4-10/h3-6,8,17H,7H2,1-2H3,(H2,16,19)/t8-/m0/s1. The molecule has 0 unspecified atom stereocenters. The van der Waals surface area contributed by atoms with Crippen molar-refractivity contribution in [2.75, 3.05) is 6.54 Å². The third kappa shape index (κ3) is 3.56. The lowest BCUT2D eigenvalue weighted by atomic mass is 10.1. The maximum Gasteiger partial charge on any atom is 0.231 e. The van der Waals surface area contributed by atoms with Crippen molar-refractivity contribution < 1.29 is 4.79 Å². The number of thiazole rings is 1. The molecule has 2 aromatic rings. The summed E-state index contributed by atoms with van der Waals surface area (Å²) in [6.07, 6.45) is 0. The molecule has 2 rings (SSSR count). The van der Waals surface area contributed by atoms with E-state index in [1.165, 1.54) is 0 Å². The van der Waals surface area contributed by atoms with Crippen LogP contribution in [0.5, 0.6) is 0 Å². The van der Waals surface area contributed by atoms with Gasteiger partial charge in [-0.2, -0.15) is 0 Å². The predicted molar refractivity (Wildman–Crippen MR) is 82.9 cm³/mol. The first-order valence-corrected chi connectivity index (χ1v) is 7.41. The summed E-state index contributed by atoms with van der Waals surface area (Å²) in [5.41, 5.74) is 7.12. The highest BCUT2D eigenvalue weighted by molar-refractivity contribution is 7.12. The number of nitrogens with two attached hydrogens (primary N) is 1. The molecule has 1 aromatic carbocycles. The van der Waals surface area contributed by atoms with Gasteiger partial charge in [0, 0.05) is 15.5 Å². The highest BCUT2D eigenvalue weighted by atomic mass is 35.5. The molecule has 0 aliphatic carbocycles. The second-order valence-electron chi connectivity index (χ2n) is 4.53. The molecule has 0 bridgehead atoms. The number of benzene rings is 1. The fourth-order valence-electron chi connectivity index (χ4n) is 1.82. The Morgan fingerprint density at radius 2 is 2.10 bits per heavy atom. The molecular formula is C14H16ClN3OS. The van der Waals surface area contributed by atoms with Crippen LogP contribution in [0.3, 0.4) is 0 Å². The summed E-state index contributed by atoms with van der Waals surface area (Å²) < 4.78 is 0. The lowest BCUT2D eigenvalue weighted by Crippen LogP contribution is -2.30. The van der Waals surface area contributed by atoms with Crippen LogP contribution in [0.1, 0.15) is 22.9 Å². The van der Waals surface area contributed by atoms with Gasteiger partial charge in [-0.1, -0.05) is 23.7 Å². The van der Waals surface area contributed by atoms with Crippen LogP contribution in [0.4, 0.5) is 0 Å². The Morgan fingerprint density at radius 1 is 1.45 bits per heavy atom. The van der Waals surface area contributed by atoms with Gasteiger partial charge in [-0.15, -0.1) is 11.3 Å². The summed E-state index contributed by atoms with van der Waals surface area (Å²) in [6.45, 7) is 4.15. The van der Waals surface area contributed by atoms with Gasteiger partial charge in [-0.05, 0) is 26.0 Å². The molecule has 1 atom stereocenters. The van der Waals surface area contributed by atoms with Crippen molar-refractivity contribution in [1.82, 2.24) is 10.3 Å². The zero-order chi connectivity index (χ0) is 14.7. The number of nitrogens with one attached hydrogen (secondary N) is 1. The normalized spacial score (nSPS) is 12.3. The molecule has 0 aliphatic rings. The molecule has 1 heterocycles. The van der Waals surface area contributed by atoms with Gasteiger partial charge in [-0.25, -0.2) is 4.98 Å². The van der Waals surface area contributed by atoms with Crippen LogP contribution in [0.2, 0.25) is 5.02 Å². The Labute approximate surface area is 127 Å². The summed E-state index contributed by atoms with van der Waals surface area (Å²) in [7, 11) is 0. The maximum absolute atomic E-state index is 10.8. The number of carbonyl (C=O) groups excluding carboxylic acids is 1. The average Bonchev–Trinajstić information content (AvgIpc) is 2.79. The summed E-state index contributed by atoms with van der Waals surface area (Å²) in [4.78, 5) is 16.6. The van der Waals surface area contributed by atoms with Crippen molar-refractivity contribution >= 4 is 28.8 Å². The van der Waals surface area contributed by atoms with Crippen molar-refractivity contribution in [2.45, 2.75) is 19.9 Å². The molecule has 0 saturated heterocycles. The fourth-order valence-corrected chi connectivity index (χ4v) is 2.92. The molecule has 20 heavy (non-hydrogen) atoms. The quantitative estimate of drug-likeness (QED) is 0.892. The van der Waals surface area contributed by atoms with Crippen LogP contribution in [0.15, 0.2) is 24.3 Å². The predicted octanol–water partition coefficient (Wildman–Crippen LogP) is 2.91. The van der Waals surface area contributed by atoms with Crippen molar-refractivity contribution in [1.29, 1.82) is 0 Å². The first-order valence-electron chi connectivity index (χ1n) is 6.22. The Morgan fingerprint density at radius 3 is 2.70 bits per heavy atom. The highest BCUT2D eigenvalue weighted by Crippen LogP contribution is 2.30. The smallest absolute Gasteiger partial charge is 0.231 e. The van der Waals surface area contributed by atoms with Gasteiger partial charge in [-0.3, -0.25) is 10.1 Å². The number of halogens is 1. The van der Waals surface area contributed by atoms with E-state index in [1.807, 2.05) is 38.1 Å². The molecule has 1 amide bonds. The number of hydrogen-bond donors (Lipinski definition) is 2. The molecule has 0 fully saturated rings. The topological polar surface area (TPSA) is 68.0 Å². The minimum atomic E-state index is -0.372. The Balaban J connectivity index is 2.20. The number of nitrogens with zero attached hydrogens (tertiary/aromatic N) is 1. The number of rotatable bonds is 5. The molecule has 3 N–H and O–H groups in total. The lowest BCUT2D eigenvalue weighted by Gasteiger charge is -2.08. The first kappa shape index (κ1) is 15.0. The van der Waals surface area contributed by atoms with Gasteiger partial charge in [0.15, 0.2) is 0 Å². The number of aryl methyl sites for hydroxylation is 1. The Bertz CT molecular complexity index is 609. The molecule has 4 nitrogen and oxygen atoms in total. The van der Waals surface area contributed by atoms with Crippen LogP contribution in [0, 0.1) is 6.92 Å². The molecule has 6 heteroatoms. The first-order chi connectivity index (χ1) is 9.47. The zero-order valence-corrected chi connectivity index (χ0v) is 12.9. The van der Waals surface area contributed by atoms with E-state index in [1.54, 1.807) is 11.3 Å². The van der Waals surface area contributed by atoms with E-state index >= 15 is 0 Å². The van der Waals surface area contributed by atoms with Crippen LogP contribution < -0.4 is 11.1 Å². The number of amides is 1. The van der Waals surface area contributed by atoms with Crippen LogP contribution in [-0.4, -0.2) is 17.4 Å². The van der Waals surface area contributed by atoms with Gasteiger partial charge >= 0.3 is 0 Å². The summed E-state index contributed by atoms with van der Waals surface area (Å²) >= 11 is 7.51. The molecule has 1 aromatic heterocycles. The van der Waals surface area contributed by atoms with Crippen LogP contribution in [-0.2, 0) is 4.79 Å². The summed E-state index contributed by atoms with van der Waals surface area (Å²) in [5, 5.41) is 4.70. The molecular weight excluding hydrogens is 294 g/mol. The number of carbonyl (C=O) groups is 1. The SMILES string of the molecule is Cc1sc([C@H](C)NCC(N)=O)nc1-c1ccc(Cl)cc1. The van der Waals surface area contributed by atoms with Gasteiger partial charge in [0.05, 0.1) is 18.3 Å². The van der Waals surface area contributed by atoms with Gasteiger partial charge in [0.1, 0.15) is 5.01 Å². The number of hydrogen-bond acceptors (Lipinski definition) is 4. The van der Waals surface area contributed by atoms with E-state index in [9.17, 15) is 4.79 Å². The monoisotopic (exact) mass is 309 g/mol. The lowest BCUT2D eigenvalue weighted by molar-refractivity contribution is -0.117. The molecule has 0 saturated carbocycles. The summed E-state index contributed by atoms with van der Waals surface area (Å²) in [5.74, 6) is -0.372. The van der Waals surface area contributed by atoms with E-state index in [4.69, 9.17) is 17.3 Å². The minimum Gasteiger partial charge on any atom is -0.369 e. The fraction of sp³-hybridized carbons (Fsp3) is 0.286. The third-order valence-corrected chi connectivity index (χ3v) is 4.29. The van der Waals surface area contributed by atoms with Gasteiger partial charge < -0.3 is 5.73 Å². The second-order valence-corrected chi connectivity index (χ2v) is 6.20. The third-order valence-electron chi connectivity index (χ3n) is 2.88. The molecule has 0 aliphatic heterocycles. The van der Waals surface area contributed by atoms with E-state index in [2.05, 4.69) is 10.3 Å². The Kier molecular flexibility index (Phi) is 4.75. The van der Waals surface area contributed by atoms with Crippen LogP contribution >= 0.6 is 22.9 Å². The zero-order valence-electron chi connectivity index (χ0n) is 11.3. The van der Waals surface area contributed by atoms with Crippen molar-refractivity contribution in [3.8, 4) is 11.3 Å². The van der Waals surface area contributed by atoms with Gasteiger partial charge in [0.2, 0.25) is 5.91 Å². The molecule has 0 radical (unpaired) electrons. The Hall–Kier alpha value is -1.43. The molecule has 106 valence electrons. The van der Waals surface area contributed by atoms with Crippen LogP contribution in [0.25, 0.3) is 11.3 Å². The largest absolute Gasteiger partial charge is 0.369 e.